The maximum atomic E-state index is 12.6. The topological polar surface area (TPSA) is 64.9 Å². The van der Waals surface area contributed by atoms with Crippen LogP contribution in [0.25, 0.3) is 28.0 Å². The molecule has 0 fully saturated rings. The number of benzene rings is 2. The van der Waals surface area contributed by atoms with Crippen LogP contribution in [-0.4, -0.2) is 35.1 Å². The van der Waals surface area contributed by atoms with Crippen molar-refractivity contribution in [3.05, 3.63) is 72.6 Å². The number of aryl methyl sites for hydroxylation is 1. The fraction of sp³-hybridized carbons (Fsp3) is 0.310. The predicted octanol–water partition coefficient (Wildman–Crippen LogP) is 5.92. The first-order valence-corrected chi connectivity index (χ1v) is 12.2. The Morgan fingerprint density at radius 1 is 1.00 bits per heavy atom. The number of hydrogen-bond donors (Lipinski definition) is 1. The number of methoxy groups -OCH3 is 1. The van der Waals surface area contributed by atoms with Gasteiger partial charge in [0.1, 0.15) is 17.1 Å². The van der Waals surface area contributed by atoms with Gasteiger partial charge in [-0.3, -0.25) is 4.79 Å². The minimum Gasteiger partial charge on any atom is -0.497 e. The van der Waals surface area contributed by atoms with Gasteiger partial charge in [0.15, 0.2) is 0 Å². The van der Waals surface area contributed by atoms with E-state index in [2.05, 4.69) is 35.0 Å². The van der Waals surface area contributed by atoms with Crippen LogP contribution in [0.15, 0.2) is 66.9 Å². The molecule has 1 amide bonds. The van der Waals surface area contributed by atoms with Crippen molar-refractivity contribution in [1.82, 2.24) is 14.7 Å². The number of fused-ring (bicyclic) bond motifs is 1. The molecule has 0 radical (unpaired) electrons. The van der Waals surface area contributed by atoms with E-state index in [0.29, 0.717) is 19.4 Å². The van der Waals surface area contributed by atoms with Gasteiger partial charge in [-0.05, 0) is 86.3 Å². The molecular weight excluding hydrogens is 438 g/mol. The van der Waals surface area contributed by atoms with Crippen LogP contribution in [0.5, 0.6) is 11.5 Å². The van der Waals surface area contributed by atoms with Crippen LogP contribution in [0.1, 0.15) is 39.3 Å². The molecule has 6 nitrogen and oxygen atoms in total. The second kappa shape index (κ2) is 11.1. The van der Waals surface area contributed by atoms with Crippen LogP contribution in [0.2, 0.25) is 0 Å². The van der Waals surface area contributed by atoms with Gasteiger partial charge in [0, 0.05) is 24.2 Å². The van der Waals surface area contributed by atoms with E-state index < -0.39 is 0 Å². The summed E-state index contributed by atoms with van der Waals surface area (Å²) >= 11 is 0. The van der Waals surface area contributed by atoms with E-state index in [-0.39, 0.29) is 11.9 Å². The normalized spacial score (nSPS) is 11.9. The summed E-state index contributed by atoms with van der Waals surface area (Å²) in [6, 6.07) is 20.2. The molecule has 6 heteroatoms. The number of pyridine rings is 1. The maximum absolute atomic E-state index is 12.6. The molecule has 1 atom stereocenters. The van der Waals surface area contributed by atoms with Gasteiger partial charge in [-0.15, -0.1) is 0 Å². The van der Waals surface area contributed by atoms with Gasteiger partial charge >= 0.3 is 0 Å². The number of nitrogens with one attached hydrogen (secondary N) is 1. The van der Waals surface area contributed by atoms with Crippen LogP contribution in [0, 0.1) is 0 Å². The Labute approximate surface area is 206 Å². The molecule has 0 saturated carbocycles. The molecule has 35 heavy (non-hydrogen) atoms. The highest BCUT2D eigenvalue weighted by Gasteiger charge is 2.17. The maximum Gasteiger partial charge on any atom is 0.220 e. The summed E-state index contributed by atoms with van der Waals surface area (Å²) < 4.78 is 13.1. The summed E-state index contributed by atoms with van der Waals surface area (Å²) in [6.07, 6.45) is 3.98. The molecule has 1 N–H and O–H groups in total. The number of carbonyl (C=O) groups is 1. The number of imidazole rings is 1. The van der Waals surface area contributed by atoms with Crippen LogP contribution < -0.4 is 14.8 Å². The highest BCUT2D eigenvalue weighted by atomic mass is 16.5. The van der Waals surface area contributed by atoms with Gasteiger partial charge in [-0.1, -0.05) is 19.1 Å². The van der Waals surface area contributed by atoms with E-state index in [4.69, 9.17) is 14.5 Å². The second-order valence-electron chi connectivity index (χ2n) is 8.62. The fourth-order valence-electron chi connectivity index (χ4n) is 4.10. The number of amides is 1. The predicted molar refractivity (Wildman–Crippen MR) is 140 cm³/mol. The van der Waals surface area contributed by atoms with Gasteiger partial charge < -0.3 is 19.2 Å². The number of hydrogen-bond acceptors (Lipinski definition) is 4. The second-order valence-corrected chi connectivity index (χ2v) is 8.62. The molecule has 2 heterocycles. The number of carbonyl (C=O) groups excluding carboxylic acids is 1. The Balaban J connectivity index is 1.75. The molecular formula is C29H33N3O3. The van der Waals surface area contributed by atoms with E-state index in [0.717, 1.165) is 51.6 Å². The summed E-state index contributed by atoms with van der Waals surface area (Å²) in [6.45, 7) is 6.70. The van der Waals surface area contributed by atoms with Crippen molar-refractivity contribution >= 4 is 11.6 Å². The molecule has 0 unspecified atom stereocenters. The fourth-order valence-corrected chi connectivity index (χ4v) is 4.10. The number of nitrogens with zero attached hydrogens (tertiary/aromatic N) is 2. The minimum absolute atomic E-state index is 0.0514. The first-order valence-electron chi connectivity index (χ1n) is 12.2. The lowest BCUT2D eigenvalue weighted by Gasteiger charge is -2.12. The van der Waals surface area contributed by atoms with Gasteiger partial charge in [0.05, 0.1) is 25.1 Å². The molecule has 0 aliphatic rings. The number of rotatable bonds is 10. The zero-order valence-electron chi connectivity index (χ0n) is 20.9. The molecule has 0 spiro atoms. The van der Waals surface area contributed by atoms with Crippen molar-refractivity contribution in [2.45, 2.75) is 46.1 Å². The van der Waals surface area contributed by atoms with Crippen LogP contribution in [0.3, 0.4) is 0 Å². The van der Waals surface area contributed by atoms with Gasteiger partial charge in [0.2, 0.25) is 5.91 Å². The monoisotopic (exact) mass is 471 g/mol. The molecule has 0 aliphatic carbocycles. The molecule has 4 aromatic rings. The van der Waals surface area contributed by atoms with Crippen molar-refractivity contribution in [3.8, 4) is 33.9 Å². The highest BCUT2D eigenvalue weighted by Crippen LogP contribution is 2.30. The van der Waals surface area contributed by atoms with Gasteiger partial charge in [-0.2, -0.15) is 0 Å². The van der Waals surface area contributed by atoms with Crippen LogP contribution in [0.4, 0.5) is 0 Å². The zero-order valence-corrected chi connectivity index (χ0v) is 20.9. The molecule has 0 aliphatic heterocycles. The third-order valence-corrected chi connectivity index (χ3v) is 6.17. The Morgan fingerprint density at radius 2 is 1.77 bits per heavy atom. The average molecular weight is 472 g/mol. The zero-order chi connectivity index (χ0) is 24.8. The van der Waals surface area contributed by atoms with Crippen LogP contribution in [-0.2, 0) is 11.2 Å². The lowest BCUT2D eigenvalue weighted by Crippen LogP contribution is -2.32. The molecule has 0 saturated heterocycles. The molecule has 0 bridgehead atoms. The summed E-state index contributed by atoms with van der Waals surface area (Å²) in [5.74, 6) is 1.69. The smallest absolute Gasteiger partial charge is 0.220 e. The molecule has 2 aromatic heterocycles. The van der Waals surface area contributed by atoms with E-state index in [1.165, 1.54) is 0 Å². The first kappa shape index (κ1) is 24.3. The lowest BCUT2D eigenvalue weighted by atomic mass is 10.1. The summed E-state index contributed by atoms with van der Waals surface area (Å²) in [4.78, 5) is 17.5. The average Bonchev–Trinajstić information content (AvgIpc) is 3.25. The molecule has 4 rings (SSSR count). The summed E-state index contributed by atoms with van der Waals surface area (Å²) in [5.41, 5.74) is 5.85. The van der Waals surface area contributed by atoms with E-state index >= 15 is 0 Å². The van der Waals surface area contributed by atoms with Gasteiger partial charge in [-0.25, -0.2) is 4.98 Å². The Morgan fingerprint density at radius 3 is 2.49 bits per heavy atom. The Kier molecular flexibility index (Phi) is 7.70. The van der Waals surface area contributed by atoms with Crippen molar-refractivity contribution in [1.29, 1.82) is 0 Å². The standard InChI is InChI=1S/C29H33N3O3/c1-5-20(3)30-28(33)17-15-26-29(21-10-13-24(34-4)14-11-21)31-27-16-12-23(19-32(26)27)22-8-7-9-25(18-22)35-6-2/h7-14,16,18-20H,5-6,15,17H2,1-4H3,(H,30,33)/t20-/m1/s1. The Bertz CT molecular complexity index is 1290. The number of aromatic nitrogens is 2. The van der Waals surface area contributed by atoms with Crippen molar-refractivity contribution in [2.75, 3.05) is 13.7 Å². The first-order chi connectivity index (χ1) is 17.0. The minimum atomic E-state index is 0.0514. The van der Waals surface area contributed by atoms with Crippen molar-refractivity contribution < 1.29 is 14.3 Å². The summed E-state index contributed by atoms with van der Waals surface area (Å²) in [5, 5.41) is 3.07. The van der Waals surface area contributed by atoms with E-state index in [1.54, 1.807) is 7.11 Å². The third kappa shape index (κ3) is 5.65. The van der Waals surface area contributed by atoms with E-state index in [1.807, 2.05) is 62.4 Å². The third-order valence-electron chi connectivity index (χ3n) is 6.17. The van der Waals surface area contributed by atoms with Crippen LogP contribution >= 0.6 is 0 Å². The Hall–Kier alpha value is -3.80. The summed E-state index contributed by atoms with van der Waals surface area (Å²) in [7, 11) is 1.66. The lowest BCUT2D eigenvalue weighted by molar-refractivity contribution is -0.121. The quantitative estimate of drug-likeness (QED) is 0.312. The van der Waals surface area contributed by atoms with Gasteiger partial charge in [0.25, 0.3) is 0 Å². The highest BCUT2D eigenvalue weighted by molar-refractivity contribution is 5.77. The van der Waals surface area contributed by atoms with Crippen molar-refractivity contribution in [2.24, 2.45) is 0 Å². The molecule has 2 aromatic carbocycles. The number of ether oxygens (including phenoxy) is 2. The SMILES string of the molecule is CCOc1cccc(-c2ccc3nc(-c4ccc(OC)cc4)c(CCC(=O)N[C@H](C)CC)n3c2)c1. The largest absolute Gasteiger partial charge is 0.497 e. The molecule has 182 valence electrons. The van der Waals surface area contributed by atoms with E-state index in [9.17, 15) is 4.79 Å². The van der Waals surface area contributed by atoms with Crippen molar-refractivity contribution in [3.63, 3.8) is 0 Å².